The zero-order valence-corrected chi connectivity index (χ0v) is 9.62. The van der Waals surface area contributed by atoms with Crippen LogP contribution in [0.1, 0.15) is 27.2 Å². The SMILES string of the molecule is CC(C)CNCC(C)NCCC(F)(F)F. The average molecular weight is 226 g/mol. The summed E-state index contributed by atoms with van der Waals surface area (Å²) < 4.78 is 35.4. The molecule has 5 heteroatoms. The first-order valence-electron chi connectivity index (χ1n) is 5.32. The van der Waals surface area contributed by atoms with Crippen molar-refractivity contribution in [2.24, 2.45) is 5.92 Å². The lowest BCUT2D eigenvalue weighted by atomic mass is 10.2. The van der Waals surface area contributed by atoms with Gasteiger partial charge in [0, 0.05) is 19.1 Å². The molecule has 0 aromatic heterocycles. The molecular formula is C10H21F3N2. The standard InChI is InChI=1S/C10H21F3N2/c1-8(2)6-14-7-9(3)15-5-4-10(11,12)13/h8-9,14-15H,4-7H2,1-3H3. The van der Waals surface area contributed by atoms with Crippen molar-refractivity contribution in [1.82, 2.24) is 10.6 Å². The highest BCUT2D eigenvalue weighted by Crippen LogP contribution is 2.18. The third-order valence-corrected chi connectivity index (χ3v) is 1.90. The summed E-state index contributed by atoms with van der Waals surface area (Å²) in [5, 5.41) is 6.02. The lowest BCUT2D eigenvalue weighted by Gasteiger charge is -2.16. The minimum Gasteiger partial charge on any atom is -0.315 e. The fraction of sp³-hybridized carbons (Fsp3) is 1.00. The molecule has 0 rings (SSSR count). The molecule has 0 fully saturated rings. The van der Waals surface area contributed by atoms with Crippen molar-refractivity contribution in [2.75, 3.05) is 19.6 Å². The van der Waals surface area contributed by atoms with Crippen LogP contribution in [-0.2, 0) is 0 Å². The van der Waals surface area contributed by atoms with Crippen molar-refractivity contribution < 1.29 is 13.2 Å². The quantitative estimate of drug-likeness (QED) is 0.695. The van der Waals surface area contributed by atoms with E-state index in [1.807, 2.05) is 6.92 Å². The number of nitrogens with one attached hydrogen (secondary N) is 2. The van der Waals surface area contributed by atoms with E-state index in [9.17, 15) is 13.2 Å². The first-order valence-corrected chi connectivity index (χ1v) is 5.32. The zero-order valence-electron chi connectivity index (χ0n) is 9.62. The zero-order chi connectivity index (χ0) is 11.9. The Morgan fingerprint density at radius 3 is 2.13 bits per heavy atom. The molecule has 0 saturated carbocycles. The van der Waals surface area contributed by atoms with Crippen LogP contribution in [0.15, 0.2) is 0 Å². The highest BCUT2D eigenvalue weighted by Gasteiger charge is 2.26. The topological polar surface area (TPSA) is 24.1 Å². The third-order valence-electron chi connectivity index (χ3n) is 1.90. The summed E-state index contributed by atoms with van der Waals surface area (Å²) in [4.78, 5) is 0. The predicted molar refractivity (Wildman–Crippen MR) is 55.8 cm³/mol. The first-order chi connectivity index (χ1) is 6.81. The minimum absolute atomic E-state index is 0.00593. The maximum atomic E-state index is 11.8. The number of halogens is 3. The first kappa shape index (κ1) is 14.7. The summed E-state index contributed by atoms with van der Waals surface area (Å²) in [7, 11) is 0. The van der Waals surface area contributed by atoms with E-state index in [4.69, 9.17) is 0 Å². The van der Waals surface area contributed by atoms with Gasteiger partial charge in [-0.05, 0) is 19.4 Å². The average Bonchev–Trinajstić information content (AvgIpc) is 2.00. The molecule has 1 atom stereocenters. The Balaban J connectivity index is 3.37. The second-order valence-electron chi connectivity index (χ2n) is 4.27. The molecule has 0 aromatic rings. The lowest BCUT2D eigenvalue weighted by molar-refractivity contribution is -0.133. The van der Waals surface area contributed by atoms with E-state index < -0.39 is 12.6 Å². The van der Waals surface area contributed by atoms with Crippen molar-refractivity contribution in [3.05, 3.63) is 0 Å². The van der Waals surface area contributed by atoms with Gasteiger partial charge in [0.1, 0.15) is 0 Å². The molecule has 2 N–H and O–H groups in total. The van der Waals surface area contributed by atoms with Gasteiger partial charge in [-0.1, -0.05) is 13.8 Å². The van der Waals surface area contributed by atoms with Gasteiger partial charge >= 0.3 is 6.18 Å². The maximum Gasteiger partial charge on any atom is 0.390 e. The summed E-state index contributed by atoms with van der Waals surface area (Å²) in [6.07, 6.45) is -4.82. The Morgan fingerprint density at radius 2 is 1.67 bits per heavy atom. The summed E-state index contributed by atoms with van der Waals surface area (Å²) in [6.45, 7) is 7.66. The molecule has 15 heavy (non-hydrogen) atoms. The molecule has 1 unspecified atom stereocenters. The van der Waals surface area contributed by atoms with E-state index in [-0.39, 0.29) is 12.6 Å². The van der Waals surface area contributed by atoms with Crippen molar-refractivity contribution in [3.8, 4) is 0 Å². The second kappa shape index (κ2) is 7.06. The van der Waals surface area contributed by atoms with Crippen LogP contribution in [0.4, 0.5) is 13.2 Å². The Kier molecular flexibility index (Phi) is 6.92. The van der Waals surface area contributed by atoms with Gasteiger partial charge in [-0.2, -0.15) is 13.2 Å². The van der Waals surface area contributed by atoms with Crippen LogP contribution < -0.4 is 10.6 Å². The Hall–Kier alpha value is -0.290. The van der Waals surface area contributed by atoms with Gasteiger partial charge in [-0.25, -0.2) is 0 Å². The van der Waals surface area contributed by atoms with E-state index in [1.54, 1.807) is 0 Å². The van der Waals surface area contributed by atoms with E-state index >= 15 is 0 Å². The molecule has 0 amide bonds. The van der Waals surface area contributed by atoms with Crippen LogP contribution in [0.5, 0.6) is 0 Å². The summed E-state index contributed by atoms with van der Waals surface area (Å²) >= 11 is 0. The second-order valence-corrected chi connectivity index (χ2v) is 4.27. The molecule has 2 nitrogen and oxygen atoms in total. The van der Waals surface area contributed by atoms with E-state index in [0.717, 1.165) is 6.54 Å². The molecule has 0 saturated heterocycles. The Labute approximate surface area is 89.6 Å². The van der Waals surface area contributed by atoms with Crippen molar-refractivity contribution >= 4 is 0 Å². The van der Waals surface area contributed by atoms with E-state index in [0.29, 0.717) is 12.5 Å². The van der Waals surface area contributed by atoms with Gasteiger partial charge in [0.15, 0.2) is 0 Å². The maximum absolute atomic E-state index is 11.8. The fourth-order valence-corrected chi connectivity index (χ4v) is 1.12. The summed E-state index contributed by atoms with van der Waals surface area (Å²) in [5.41, 5.74) is 0. The molecule has 0 bridgehead atoms. The van der Waals surface area contributed by atoms with Crippen LogP contribution in [0.25, 0.3) is 0 Å². The molecule has 0 radical (unpaired) electrons. The number of rotatable bonds is 7. The highest BCUT2D eigenvalue weighted by molar-refractivity contribution is 4.65. The Bertz CT molecular complexity index is 157. The van der Waals surface area contributed by atoms with Gasteiger partial charge in [0.2, 0.25) is 0 Å². The smallest absolute Gasteiger partial charge is 0.315 e. The van der Waals surface area contributed by atoms with Crippen molar-refractivity contribution in [2.45, 2.75) is 39.4 Å². The molecular weight excluding hydrogens is 205 g/mol. The number of alkyl halides is 3. The monoisotopic (exact) mass is 226 g/mol. The normalized spacial score (nSPS) is 14.6. The van der Waals surface area contributed by atoms with Gasteiger partial charge in [-0.3, -0.25) is 0 Å². The minimum atomic E-state index is -4.06. The van der Waals surface area contributed by atoms with Crippen molar-refractivity contribution in [3.63, 3.8) is 0 Å². The number of hydrogen-bond acceptors (Lipinski definition) is 2. The predicted octanol–water partition coefficient (Wildman–Crippen LogP) is 2.16. The third kappa shape index (κ3) is 11.6. The summed E-state index contributed by atoms with van der Waals surface area (Å²) in [6, 6.07) is 0.0751. The van der Waals surface area contributed by atoms with E-state index in [1.165, 1.54) is 0 Å². The lowest BCUT2D eigenvalue weighted by Crippen LogP contribution is -2.38. The van der Waals surface area contributed by atoms with Gasteiger partial charge in [0.25, 0.3) is 0 Å². The van der Waals surface area contributed by atoms with Gasteiger partial charge in [-0.15, -0.1) is 0 Å². The van der Waals surface area contributed by atoms with Crippen molar-refractivity contribution in [1.29, 1.82) is 0 Å². The molecule has 92 valence electrons. The van der Waals surface area contributed by atoms with Crippen LogP contribution in [-0.4, -0.2) is 31.9 Å². The fourth-order valence-electron chi connectivity index (χ4n) is 1.12. The Morgan fingerprint density at radius 1 is 1.07 bits per heavy atom. The molecule has 0 spiro atoms. The van der Waals surface area contributed by atoms with E-state index in [2.05, 4.69) is 24.5 Å². The molecule has 0 heterocycles. The highest BCUT2D eigenvalue weighted by atomic mass is 19.4. The van der Waals surface area contributed by atoms with Crippen LogP contribution in [0.2, 0.25) is 0 Å². The molecule has 0 aliphatic carbocycles. The molecule has 0 aliphatic rings. The van der Waals surface area contributed by atoms with Gasteiger partial charge < -0.3 is 10.6 Å². The molecule has 0 aromatic carbocycles. The van der Waals surface area contributed by atoms with Crippen LogP contribution in [0.3, 0.4) is 0 Å². The van der Waals surface area contributed by atoms with Crippen LogP contribution in [0, 0.1) is 5.92 Å². The van der Waals surface area contributed by atoms with Gasteiger partial charge in [0.05, 0.1) is 6.42 Å². The number of hydrogen-bond donors (Lipinski definition) is 2. The van der Waals surface area contributed by atoms with Crippen LogP contribution >= 0.6 is 0 Å². The molecule has 0 aliphatic heterocycles. The largest absolute Gasteiger partial charge is 0.390 e. The summed E-state index contributed by atoms with van der Waals surface area (Å²) in [5.74, 6) is 0.562.